The molecule has 1 amide bonds. The highest BCUT2D eigenvalue weighted by atomic mass is 35.5. The van der Waals surface area contributed by atoms with E-state index < -0.39 is 12.0 Å². The third-order valence-electron chi connectivity index (χ3n) is 2.69. The average Bonchev–Trinajstić information content (AvgIpc) is 2.30. The van der Waals surface area contributed by atoms with E-state index in [-0.39, 0.29) is 12.3 Å². The van der Waals surface area contributed by atoms with Gasteiger partial charge in [0.05, 0.1) is 6.42 Å². The Morgan fingerprint density at radius 3 is 2.50 bits per heavy atom. The number of amides is 1. The van der Waals surface area contributed by atoms with Crippen molar-refractivity contribution in [2.45, 2.75) is 19.4 Å². The van der Waals surface area contributed by atoms with Crippen LogP contribution in [0.1, 0.15) is 12.5 Å². The first kappa shape index (κ1) is 14.8. The molecule has 0 aromatic heterocycles. The van der Waals surface area contributed by atoms with Crippen LogP contribution in [-0.4, -0.2) is 35.0 Å². The smallest absolute Gasteiger partial charge is 0.326 e. The normalized spacial score (nSPS) is 12.0. The van der Waals surface area contributed by atoms with E-state index in [1.54, 1.807) is 18.2 Å². The third kappa shape index (κ3) is 3.62. The Morgan fingerprint density at radius 1 is 1.39 bits per heavy atom. The molecule has 6 heteroatoms. The minimum Gasteiger partial charge on any atom is -0.480 e. The number of likely N-dealkylation sites (N-methyl/N-ethyl adjacent to an activating group) is 1. The average molecular weight is 290 g/mol. The predicted molar refractivity (Wildman–Crippen MR) is 70.0 cm³/mol. The van der Waals surface area contributed by atoms with E-state index in [1.165, 1.54) is 18.9 Å². The molecule has 0 fully saturated rings. The number of carbonyl (C=O) groups is 2. The van der Waals surface area contributed by atoms with Crippen molar-refractivity contribution < 1.29 is 14.7 Å². The van der Waals surface area contributed by atoms with E-state index in [0.29, 0.717) is 15.6 Å². The number of benzene rings is 1. The second-order valence-corrected chi connectivity index (χ2v) is 4.77. The van der Waals surface area contributed by atoms with Gasteiger partial charge in [-0.2, -0.15) is 0 Å². The van der Waals surface area contributed by atoms with Gasteiger partial charge in [0.15, 0.2) is 0 Å². The first-order valence-electron chi connectivity index (χ1n) is 5.25. The molecule has 0 aliphatic rings. The molecule has 4 nitrogen and oxygen atoms in total. The summed E-state index contributed by atoms with van der Waals surface area (Å²) in [5, 5.41) is 9.71. The van der Waals surface area contributed by atoms with Crippen molar-refractivity contribution in [2.24, 2.45) is 0 Å². The van der Waals surface area contributed by atoms with Crippen molar-refractivity contribution in [3.8, 4) is 0 Å². The summed E-state index contributed by atoms with van der Waals surface area (Å²) in [5.74, 6) is -1.36. The van der Waals surface area contributed by atoms with Gasteiger partial charge in [-0.3, -0.25) is 4.79 Å². The maximum Gasteiger partial charge on any atom is 0.326 e. The molecule has 1 unspecified atom stereocenters. The number of rotatable bonds is 4. The lowest BCUT2D eigenvalue weighted by Gasteiger charge is -2.21. The zero-order valence-electron chi connectivity index (χ0n) is 9.98. The van der Waals surface area contributed by atoms with Crippen molar-refractivity contribution in [1.82, 2.24) is 4.90 Å². The summed E-state index contributed by atoms with van der Waals surface area (Å²) < 4.78 is 0. The first-order chi connectivity index (χ1) is 8.32. The molecule has 1 aromatic carbocycles. The zero-order valence-corrected chi connectivity index (χ0v) is 11.5. The van der Waals surface area contributed by atoms with E-state index in [0.717, 1.165) is 0 Å². The molecule has 98 valence electrons. The van der Waals surface area contributed by atoms with Gasteiger partial charge in [-0.1, -0.05) is 29.3 Å². The van der Waals surface area contributed by atoms with Crippen LogP contribution in [0.2, 0.25) is 10.0 Å². The minimum atomic E-state index is -1.05. The molecule has 0 heterocycles. The minimum absolute atomic E-state index is 0.0458. The highest BCUT2D eigenvalue weighted by Crippen LogP contribution is 2.21. The van der Waals surface area contributed by atoms with Crippen LogP contribution in [0.25, 0.3) is 0 Å². The van der Waals surface area contributed by atoms with Gasteiger partial charge in [0.2, 0.25) is 5.91 Å². The second kappa shape index (κ2) is 6.07. The van der Waals surface area contributed by atoms with Crippen LogP contribution >= 0.6 is 23.2 Å². The number of carbonyl (C=O) groups excluding carboxylic acids is 1. The van der Waals surface area contributed by atoms with Crippen LogP contribution in [0.5, 0.6) is 0 Å². The number of halogens is 2. The Labute approximate surface area is 115 Å². The fourth-order valence-electron chi connectivity index (χ4n) is 1.33. The molecule has 0 radical (unpaired) electrons. The van der Waals surface area contributed by atoms with Crippen molar-refractivity contribution in [3.05, 3.63) is 33.8 Å². The topological polar surface area (TPSA) is 57.6 Å². The monoisotopic (exact) mass is 289 g/mol. The number of nitrogens with zero attached hydrogens (tertiary/aromatic N) is 1. The maximum absolute atomic E-state index is 11.9. The highest BCUT2D eigenvalue weighted by molar-refractivity contribution is 6.35. The Morgan fingerprint density at radius 2 is 2.00 bits per heavy atom. The summed E-state index contributed by atoms with van der Waals surface area (Å²) in [7, 11) is 1.45. The van der Waals surface area contributed by atoms with Gasteiger partial charge in [-0.25, -0.2) is 4.79 Å². The molecular formula is C12H13Cl2NO3. The lowest BCUT2D eigenvalue weighted by molar-refractivity contribution is -0.147. The lowest BCUT2D eigenvalue weighted by Crippen LogP contribution is -2.41. The van der Waals surface area contributed by atoms with Crippen LogP contribution in [0.15, 0.2) is 18.2 Å². The first-order valence-corrected chi connectivity index (χ1v) is 6.01. The molecule has 18 heavy (non-hydrogen) atoms. The summed E-state index contributed by atoms with van der Waals surface area (Å²) in [4.78, 5) is 23.8. The van der Waals surface area contributed by atoms with Crippen LogP contribution in [0, 0.1) is 0 Å². The molecule has 1 rings (SSSR count). The Balaban J connectivity index is 2.78. The molecule has 1 atom stereocenters. The van der Waals surface area contributed by atoms with Gasteiger partial charge in [0.1, 0.15) is 6.04 Å². The van der Waals surface area contributed by atoms with Crippen LogP contribution in [0.4, 0.5) is 0 Å². The molecular weight excluding hydrogens is 277 g/mol. The number of aliphatic carboxylic acids is 1. The van der Waals surface area contributed by atoms with E-state index >= 15 is 0 Å². The van der Waals surface area contributed by atoms with Gasteiger partial charge in [0.25, 0.3) is 0 Å². The van der Waals surface area contributed by atoms with Gasteiger partial charge < -0.3 is 10.0 Å². The van der Waals surface area contributed by atoms with Gasteiger partial charge >= 0.3 is 5.97 Å². The zero-order chi connectivity index (χ0) is 13.9. The fourth-order valence-corrected chi connectivity index (χ4v) is 1.81. The molecule has 0 aliphatic carbocycles. The van der Waals surface area contributed by atoms with Crippen molar-refractivity contribution >= 4 is 35.1 Å². The molecule has 0 bridgehead atoms. The molecule has 0 saturated carbocycles. The summed E-state index contributed by atoms with van der Waals surface area (Å²) in [6.45, 7) is 1.45. The quantitative estimate of drug-likeness (QED) is 0.926. The standard InChI is InChI=1S/C12H13Cl2NO3/c1-7(12(17)18)15(2)11(16)5-8-3-4-9(13)6-10(8)14/h3-4,6-7H,5H2,1-2H3,(H,17,18). The SMILES string of the molecule is CC(C(=O)O)N(C)C(=O)Cc1ccc(Cl)cc1Cl. The Kier molecular flexibility index (Phi) is 4.99. The summed E-state index contributed by atoms with van der Waals surface area (Å²) in [6, 6.07) is 3.97. The molecule has 0 spiro atoms. The van der Waals surface area contributed by atoms with Crippen molar-refractivity contribution in [1.29, 1.82) is 0 Å². The number of hydrogen-bond donors (Lipinski definition) is 1. The van der Waals surface area contributed by atoms with E-state index in [9.17, 15) is 9.59 Å². The number of hydrogen-bond acceptors (Lipinski definition) is 2. The fraction of sp³-hybridized carbons (Fsp3) is 0.333. The molecule has 0 aliphatic heterocycles. The van der Waals surface area contributed by atoms with Crippen molar-refractivity contribution in [3.63, 3.8) is 0 Å². The van der Waals surface area contributed by atoms with Crippen LogP contribution in [0.3, 0.4) is 0 Å². The van der Waals surface area contributed by atoms with Gasteiger partial charge in [-0.15, -0.1) is 0 Å². The molecule has 1 N–H and O–H groups in total. The van der Waals surface area contributed by atoms with Gasteiger partial charge in [0, 0.05) is 17.1 Å². The molecule has 1 aromatic rings. The Hall–Kier alpha value is -1.26. The maximum atomic E-state index is 11.9. The number of carboxylic acid groups (broad SMARTS) is 1. The summed E-state index contributed by atoms with van der Waals surface area (Å²) >= 11 is 11.7. The summed E-state index contributed by atoms with van der Waals surface area (Å²) in [5.41, 5.74) is 0.621. The van der Waals surface area contributed by atoms with Crippen molar-refractivity contribution in [2.75, 3.05) is 7.05 Å². The molecule has 0 saturated heterocycles. The van der Waals surface area contributed by atoms with E-state index in [4.69, 9.17) is 28.3 Å². The lowest BCUT2D eigenvalue weighted by atomic mass is 10.1. The van der Waals surface area contributed by atoms with Crippen LogP contribution < -0.4 is 0 Å². The second-order valence-electron chi connectivity index (χ2n) is 3.93. The van der Waals surface area contributed by atoms with Crippen LogP contribution in [-0.2, 0) is 16.0 Å². The largest absolute Gasteiger partial charge is 0.480 e. The summed E-state index contributed by atoms with van der Waals surface area (Å²) in [6.07, 6.45) is 0.0458. The number of carboxylic acids is 1. The Bertz CT molecular complexity index is 476. The predicted octanol–water partition coefficient (Wildman–Crippen LogP) is 2.47. The third-order valence-corrected chi connectivity index (χ3v) is 3.28. The van der Waals surface area contributed by atoms with E-state index in [1.807, 2.05) is 0 Å². The van der Waals surface area contributed by atoms with Gasteiger partial charge in [-0.05, 0) is 24.6 Å². The highest BCUT2D eigenvalue weighted by Gasteiger charge is 2.22. The van der Waals surface area contributed by atoms with E-state index in [2.05, 4.69) is 0 Å².